The number of imidazole rings is 1. The molecular formula is C46H41N3. The van der Waals surface area contributed by atoms with Crippen LogP contribution >= 0.6 is 0 Å². The Morgan fingerprint density at radius 1 is 0.694 bits per heavy atom. The van der Waals surface area contributed by atoms with Crippen LogP contribution in [0.1, 0.15) is 50.8 Å². The van der Waals surface area contributed by atoms with Gasteiger partial charge in [-0.3, -0.25) is 4.57 Å². The minimum absolute atomic E-state index is 0.0882. The molecule has 49 heavy (non-hydrogen) atoms. The van der Waals surface area contributed by atoms with Gasteiger partial charge < -0.3 is 4.90 Å². The first kappa shape index (κ1) is 30.7. The molecule has 0 saturated carbocycles. The maximum Gasteiger partial charge on any atom is 0.145 e. The van der Waals surface area contributed by atoms with E-state index in [-0.39, 0.29) is 5.41 Å². The Morgan fingerprint density at radius 3 is 2.14 bits per heavy atom. The van der Waals surface area contributed by atoms with Crippen molar-refractivity contribution in [3.63, 3.8) is 0 Å². The number of aromatic nitrogens is 2. The summed E-state index contributed by atoms with van der Waals surface area (Å²) in [5, 5.41) is 2.46. The van der Waals surface area contributed by atoms with Crippen molar-refractivity contribution >= 4 is 44.4 Å². The number of aryl methyl sites for hydroxylation is 1. The molecule has 0 unspecified atom stereocenters. The van der Waals surface area contributed by atoms with Crippen molar-refractivity contribution in [3.8, 4) is 17.1 Å². The van der Waals surface area contributed by atoms with Crippen LogP contribution in [0.4, 0.5) is 17.1 Å². The average Bonchev–Trinajstić information content (AvgIpc) is 3.60. The fourth-order valence-corrected chi connectivity index (χ4v) is 7.54. The van der Waals surface area contributed by atoms with E-state index in [9.17, 15) is 0 Å². The number of anilines is 3. The van der Waals surface area contributed by atoms with Crippen LogP contribution in [0.5, 0.6) is 0 Å². The second-order valence-corrected chi connectivity index (χ2v) is 13.7. The van der Waals surface area contributed by atoms with Crippen molar-refractivity contribution in [2.75, 3.05) is 4.90 Å². The Labute approximate surface area is 289 Å². The van der Waals surface area contributed by atoms with Crippen molar-refractivity contribution in [2.45, 2.75) is 46.5 Å². The first-order valence-corrected chi connectivity index (χ1v) is 17.3. The lowest BCUT2D eigenvalue weighted by Crippen LogP contribution is -2.17. The zero-order valence-electron chi connectivity index (χ0n) is 28.9. The van der Waals surface area contributed by atoms with E-state index in [0.29, 0.717) is 0 Å². The molecule has 240 valence electrons. The third kappa shape index (κ3) is 5.27. The molecule has 7 aromatic rings. The summed E-state index contributed by atoms with van der Waals surface area (Å²) < 4.78 is 2.27. The SMILES string of the molecule is CC/C=C\C1=C(C)c2ccc(N(c3ccc(-c4nc5ccccc5n4-c4ccc(C)cc4)cc3)c3ccc4ccccc4c3)cc2C1(C)C. The molecule has 0 N–H and O–H groups in total. The molecule has 1 aliphatic rings. The predicted molar refractivity (Wildman–Crippen MR) is 208 cm³/mol. The van der Waals surface area contributed by atoms with Gasteiger partial charge in [-0.25, -0.2) is 4.98 Å². The molecule has 8 rings (SSSR count). The molecule has 0 aliphatic heterocycles. The Bertz CT molecular complexity index is 2400. The van der Waals surface area contributed by atoms with Crippen LogP contribution in [0.2, 0.25) is 0 Å². The number of nitrogens with zero attached hydrogens (tertiary/aromatic N) is 3. The van der Waals surface area contributed by atoms with Gasteiger partial charge >= 0.3 is 0 Å². The second kappa shape index (κ2) is 12.1. The molecule has 0 fully saturated rings. The molecule has 0 atom stereocenters. The van der Waals surface area contributed by atoms with Crippen LogP contribution in [0.15, 0.2) is 151 Å². The van der Waals surface area contributed by atoms with E-state index < -0.39 is 0 Å². The highest BCUT2D eigenvalue weighted by molar-refractivity contribution is 5.91. The van der Waals surface area contributed by atoms with Crippen molar-refractivity contribution in [2.24, 2.45) is 0 Å². The van der Waals surface area contributed by atoms with Crippen LogP contribution in [0.3, 0.4) is 0 Å². The smallest absolute Gasteiger partial charge is 0.145 e. The van der Waals surface area contributed by atoms with Crippen molar-refractivity contribution in [1.29, 1.82) is 0 Å². The van der Waals surface area contributed by atoms with Gasteiger partial charge in [-0.15, -0.1) is 0 Å². The van der Waals surface area contributed by atoms with E-state index in [2.05, 4.69) is 190 Å². The zero-order valence-corrected chi connectivity index (χ0v) is 28.9. The van der Waals surface area contributed by atoms with Gasteiger partial charge in [0.05, 0.1) is 11.0 Å². The molecule has 1 aliphatic carbocycles. The Balaban J connectivity index is 1.26. The molecule has 1 aromatic heterocycles. The minimum Gasteiger partial charge on any atom is -0.310 e. The molecule has 3 heteroatoms. The Kier molecular flexibility index (Phi) is 7.56. The van der Waals surface area contributed by atoms with Crippen LogP contribution in [-0.4, -0.2) is 9.55 Å². The molecule has 0 spiro atoms. The molecule has 0 radical (unpaired) electrons. The summed E-state index contributed by atoms with van der Waals surface area (Å²) in [5.74, 6) is 0.933. The van der Waals surface area contributed by atoms with Crippen LogP contribution in [0, 0.1) is 6.92 Å². The topological polar surface area (TPSA) is 21.1 Å². The van der Waals surface area contributed by atoms with E-state index in [1.807, 2.05) is 0 Å². The fourth-order valence-electron chi connectivity index (χ4n) is 7.54. The number of para-hydroxylation sites is 2. The van der Waals surface area contributed by atoms with E-state index in [4.69, 9.17) is 4.98 Å². The summed E-state index contributed by atoms with van der Waals surface area (Å²) >= 11 is 0. The van der Waals surface area contributed by atoms with Gasteiger partial charge in [0.15, 0.2) is 0 Å². The van der Waals surface area contributed by atoms with Gasteiger partial charge in [0.2, 0.25) is 0 Å². The summed E-state index contributed by atoms with van der Waals surface area (Å²) in [6.45, 7) is 11.3. The number of hydrogen-bond donors (Lipinski definition) is 0. The standard InChI is InChI=1S/C46H41N3/c1-6-7-14-41-32(3)40-28-27-39(30-42(40)46(41,4)5)48(38-26-19-33-12-8-9-13-35(33)29-38)36-24-20-34(21-25-36)45-47-43-15-10-11-16-44(43)49(45)37-22-17-31(2)18-23-37/h7-30H,6H2,1-5H3/b14-7-. The summed E-state index contributed by atoms with van der Waals surface area (Å²) in [6, 6.07) is 48.3. The quantitative estimate of drug-likeness (QED) is 0.174. The fraction of sp³-hybridized carbons (Fsp3) is 0.152. The lowest BCUT2D eigenvalue weighted by Gasteiger charge is -2.29. The van der Waals surface area contributed by atoms with Gasteiger partial charge in [-0.1, -0.05) is 99.2 Å². The highest BCUT2D eigenvalue weighted by Crippen LogP contribution is 2.49. The minimum atomic E-state index is -0.0882. The van der Waals surface area contributed by atoms with Crippen LogP contribution in [0.25, 0.3) is 44.5 Å². The van der Waals surface area contributed by atoms with E-state index in [1.165, 1.54) is 38.6 Å². The number of allylic oxidation sites excluding steroid dienone is 4. The lowest BCUT2D eigenvalue weighted by molar-refractivity contribution is 0.653. The molecule has 1 heterocycles. The number of fused-ring (bicyclic) bond motifs is 3. The predicted octanol–water partition coefficient (Wildman–Crippen LogP) is 12.7. The van der Waals surface area contributed by atoms with Crippen molar-refractivity contribution in [1.82, 2.24) is 9.55 Å². The maximum atomic E-state index is 5.14. The molecule has 0 bridgehead atoms. The summed E-state index contributed by atoms with van der Waals surface area (Å²) in [7, 11) is 0. The van der Waals surface area contributed by atoms with Gasteiger partial charge in [-0.2, -0.15) is 0 Å². The largest absolute Gasteiger partial charge is 0.310 e. The molecular weight excluding hydrogens is 595 g/mol. The van der Waals surface area contributed by atoms with E-state index in [0.717, 1.165) is 51.6 Å². The lowest BCUT2D eigenvalue weighted by atomic mass is 9.80. The molecule has 3 nitrogen and oxygen atoms in total. The zero-order chi connectivity index (χ0) is 33.7. The van der Waals surface area contributed by atoms with Gasteiger partial charge in [-0.05, 0) is 126 Å². The van der Waals surface area contributed by atoms with E-state index >= 15 is 0 Å². The van der Waals surface area contributed by atoms with Gasteiger partial charge in [0.25, 0.3) is 0 Å². The molecule has 0 amide bonds. The second-order valence-electron chi connectivity index (χ2n) is 13.7. The van der Waals surface area contributed by atoms with Gasteiger partial charge in [0.1, 0.15) is 5.82 Å². The van der Waals surface area contributed by atoms with E-state index in [1.54, 1.807) is 0 Å². The Hall–Kier alpha value is -5.67. The highest BCUT2D eigenvalue weighted by Gasteiger charge is 2.35. The van der Waals surface area contributed by atoms with Gasteiger partial charge in [0, 0.05) is 33.7 Å². The maximum absolute atomic E-state index is 5.14. The van der Waals surface area contributed by atoms with Crippen molar-refractivity contribution < 1.29 is 0 Å². The monoisotopic (exact) mass is 635 g/mol. The molecule has 0 saturated heterocycles. The van der Waals surface area contributed by atoms with Crippen LogP contribution in [-0.2, 0) is 5.41 Å². The number of benzene rings is 6. The first-order valence-electron chi connectivity index (χ1n) is 17.3. The highest BCUT2D eigenvalue weighted by atomic mass is 15.1. The third-order valence-corrected chi connectivity index (χ3v) is 10.2. The first-order chi connectivity index (χ1) is 23.8. The molecule has 6 aromatic carbocycles. The number of hydrogen-bond acceptors (Lipinski definition) is 2. The normalized spacial score (nSPS) is 13.9. The summed E-state index contributed by atoms with van der Waals surface area (Å²) in [5.41, 5.74) is 14.3. The third-order valence-electron chi connectivity index (χ3n) is 10.2. The average molecular weight is 636 g/mol. The van der Waals surface area contributed by atoms with Crippen LogP contribution < -0.4 is 4.90 Å². The number of rotatable bonds is 7. The summed E-state index contributed by atoms with van der Waals surface area (Å²) in [4.78, 5) is 7.53. The van der Waals surface area contributed by atoms with Crippen molar-refractivity contribution in [3.05, 3.63) is 168 Å². The Morgan fingerprint density at radius 2 is 1.37 bits per heavy atom. The summed E-state index contributed by atoms with van der Waals surface area (Å²) in [6.07, 6.45) is 5.64.